The molecule has 6 heteroatoms. The van der Waals surface area contributed by atoms with E-state index in [0.29, 0.717) is 23.7 Å². The quantitative estimate of drug-likeness (QED) is 0.254. The normalized spacial score (nSPS) is 11.7. The highest BCUT2D eigenvalue weighted by molar-refractivity contribution is 5.97. The molecule has 1 rings (SSSR count). The van der Waals surface area contributed by atoms with Gasteiger partial charge < -0.3 is 25.3 Å². The van der Waals surface area contributed by atoms with Crippen molar-refractivity contribution in [3.05, 3.63) is 23.8 Å². The highest BCUT2D eigenvalue weighted by Gasteiger charge is 2.06. The van der Waals surface area contributed by atoms with Gasteiger partial charge in [0.15, 0.2) is 5.84 Å². The Kier molecular flexibility index (Phi) is 5.95. The molecule has 0 fully saturated rings. The van der Waals surface area contributed by atoms with Crippen LogP contribution in [0.1, 0.15) is 12.0 Å². The number of benzene rings is 1. The minimum Gasteiger partial charge on any atom is -0.497 e. The lowest BCUT2D eigenvalue weighted by Gasteiger charge is -2.12. The highest BCUT2D eigenvalue weighted by atomic mass is 16.5. The molecule has 0 aliphatic rings. The third-order valence-corrected chi connectivity index (χ3v) is 2.54. The number of hydrogen-bond acceptors (Lipinski definition) is 5. The fraction of sp³-hybridized carbons (Fsp3) is 0.462. The molecule has 0 saturated carbocycles. The van der Waals surface area contributed by atoms with Crippen LogP contribution in [-0.2, 0) is 0 Å². The number of methoxy groups -OCH3 is 1. The topological polar surface area (TPSA) is 80.3 Å². The fourth-order valence-electron chi connectivity index (χ4n) is 1.55. The summed E-state index contributed by atoms with van der Waals surface area (Å²) in [5, 5.41) is 11.7. The van der Waals surface area contributed by atoms with Gasteiger partial charge in [-0.2, -0.15) is 0 Å². The van der Waals surface area contributed by atoms with Crippen molar-refractivity contribution in [1.29, 1.82) is 0 Å². The third-order valence-electron chi connectivity index (χ3n) is 2.54. The van der Waals surface area contributed by atoms with Crippen LogP contribution >= 0.6 is 0 Å². The molecule has 0 heterocycles. The first kappa shape index (κ1) is 15.1. The van der Waals surface area contributed by atoms with Gasteiger partial charge in [0.25, 0.3) is 0 Å². The third kappa shape index (κ3) is 5.05. The number of rotatable bonds is 7. The molecule has 1 aromatic rings. The molecule has 0 amide bonds. The number of hydrogen-bond donors (Lipinski definition) is 2. The van der Waals surface area contributed by atoms with Gasteiger partial charge in [0.1, 0.15) is 11.5 Å². The van der Waals surface area contributed by atoms with E-state index in [2.05, 4.69) is 10.1 Å². The molecule has 0 radical (unpaired) electrons. The van der Waals surface area contributed by atoms with Gasteiger partial charge in [-0.15, -0.1) is 0 Å². The van der Waals surface area contributed by atoms with Crippen molar-refractivity contribution >= 4 is 5.84 Å². The van der Waals surface area contributed by atoms with Crippen LogP contribution < -0.4 is 15.2 Å². The lowest BCUT2D eigenvalue weighted by Crippen LogP contribution is -2.16. The molecule has 0 atom stereocenters. The molecule has 6 nitrogen and oxygen atoms in total. The second-order valence-corrected chi connectivity index (χ2v) is 4.39. The zero-order valence-electron chi connectivity index (χ0n) is 11.6. The summed E-state index contributed by atoms with van der Waals surface area (Å²) >= 11 is 0. The Morgan fingerprint density at radius 3 is 2.58 bits per heavy atom. The largest absolute Gasteiger partial charge is 0.497 e. The summed E-state index contributed by atoms with van der Waals surface area (Å²) in [7, 11) is 5.59. The minimum absolute atomic E-state index is 0.0250. The van der Waals surface area contributed by atoms with Crippen LogP contribution in [0.5, 0.6) is 11.5 Å². The minimum atomic E-state index is 0.0250. The Morgan fingerprint density at radius 2 is 2.00 bits per heavy atom. The Bertz CT molecular complexity index is 433. The zero-order chi connectivity index (χ0) is 14.3. The highest BCUT2D eigenvalue weighted by Crippen LogP contribution is 2.22. The van der Waals surface area contributed by atoms with Crippen LogP contribution in [0, 0.1) is 0 Å². The lowest BCUT2D eigenvalue weighted by molar-refractivity contribution is 0.280. The molecule has 0 unspecified atom stereocenters. The lowest BCUT2D eigenvalue weighted by atomic mass is 10.2. The Morgan fingerprint density at radius 1 is 1.32 bits per heavy atom. The van der Waals surface area contributed by atoms with Gasteiger partial charge in [-0.1, -0.05) is 5.16 Å². The van der Waals surface area contributed by atoms with E-state index in [4.69, 9.17) is 20.4 Å². The van der Waals surface area contributed by atoms with E-state index >= 15 is 0 Å². The van der Waals surface area contributed by atoms with Gasteiger partial charge in [-0.05, 0) is 32.6 Å². The first-order chi connectivity index (χ1) is 9.06. The maximum Gasteiger partial charge on any atom is 0.170 e. The van der Waals surface area contributed by atoms with Crippen molar-refractivity contribution in [2.75, 3.05) is 34.4 Å². The summed E-state index contributed by atoms with van der Waals surface area (Å²) in [4.78, 5) is 2.09. The number of ether oxygens (including phenoxy) is 2. The fourth-order valence-corrected chi connectivity index (χ4v) is 1.55. The van der Waals surface area contributed by atoms with Gasteiger partial charge in [0.05, 0.1) is 13.7 Å². The summed E-state index contributed by atoms with van der Waals surface area (Å²) in [5.74, 6) is 1.27. The van der Waals surface area contributed by atoms with Crippen LogP contribution in [0.2, 0.25) is 0 Å². The number of nitrogens with zero attached hydrogens (tertiary/aromatic N) is 2. The van der Waals surface area contributed by atoms with Crippen LogP contribution in [-0.4, -0.2) is 50.3 Å². The molecule has 1 aromatic carbocycles. The van der Waals surface area contributed by atoms with Crippen LogP contribution in [0.25, 0.3) is 0 Å². The van der Waals surface area contributed by atoms with Gasteiger partial charge in [0.2, 0.25) is 0 Å². The van der Waals surface area contributed by atoms with E-state index in [1.807, 2.05) is 14.1 Å². The van der Waals surface area contributed by atoms with Crippen molar-refractivity contribution in [2.24, 2.45) is 10.9 Å². The van der Waals surface area contributed by atoms with Crippen molar-refractivity contribution in [3.63, 3.8) is 0 Å². The van der Waals surface area contributed by atoms with Gasteiger partial charge in [0, 0.05) is 18.2 Å². The molecular formula is C13H21N3O3. The SMILES string of the molecule is COc1cc(OCCCN(C)C)cc(/C(N)=N/O)c1. The van der Waals surface area contributed by atoms with E-state index in [-0.39, 0.29) is 5.84 Å². The van der Waals surface area contributed by atoms with E-state index in [9.17, 15) is 0 Å². The van der Waals surface area contributed by atoms with Crippen molar-refractivity contribution in [2.45, 2.75) is 6.42 Å². The van der Waals surface area contributed by atoms with Crippen LogP contribution in [0.15, 0.2) is 23.4 Å². The predicted molar refractivity (Wildman–Crippen MR) is 74.2 cm³/mol. The summed E-state index contributed by atoms with van der Waals surface area (Å²) in [5.41, 5.74) is 6.12. The van der Waals surface area contributed by atoms with Crippen molar-refractivity contribution in [1.82, 2.24) is 4.90 Å². The smallest absolute Gasteiger partial charge is 0.170 e. The maximum absolute atomic E-state index is 8.69. The van der Waals surface area contributed by atoms with E-state index < -0.39 is 0 Å². The molecule has 3 N–H and O–H groups in total. The summed E-state index contributed by atoms with van der Waals surface area (Å²) < 4.78 is 10.8. The monoisotopic (exact) mass is 267 g/mol. The second-order valence-electron chi connectivity index (χ2n) is 4.39. The van der Waals surface area contributed by atoms with E-state index in [1.54, 1.807) is 25.3 Å². The molecule has 0 spiro atoms. The standard InChI is InChI=1S/C13H21N3O3/c1-16(2)5-4-6-19-12-8-10(13(14)15-17)7-11(9-12)18-3/h7-9,17H,4-6H2,1-3H3,(H2,14,15). The van der Waals surface area contributed by atoms with Crippen molar-refractivity contribution < 1.29 is 14.7 Å². The molecular weight excluding hydrogens is 246 g/mol. The number of oxime groups is 1. The summed E-state index contributed by atoms with van der Waals surface area (Å²) in [6.45, 7) is 1.55. The maximum atomic E-state index is 8.69. The van der Waals surface area contributed by atoms with Crippen LogP contribution in [0.4, 0.5) is 0 Å². The van der Waals surface area contributed by atoms with E-state index in [0.717, 1.165) is 13.0 Å². The van der Waals surface area contributed by atoms with Gasteiger partial charge in [-0.3, -0.25) is 0 Å². The Hall–Kier alpha value is -1.95. The molecule has 0 aromatic heterocycles. The van der Waals surface area contributed by atoms with Crippen LogP contribution in [0.3, 0.4) is 0 Å². The second kappa shape index (κ2) is 7.48. The molecule has 0 bridgehead atoms. The average Bonchev–Trinajstić information content (AvgIpc) is 2.42. The first-order valence-corrected chi connectivity index (χ1v) is 6.01. The molecule has 0 aliphatic heterocycles. The number of amidine groups is 1. The Labute approximate surface area is 113 Å². The molecule has 0 saturated heterocycles. The summed E-state index contributed by atoms with van der Waals surface area (Å²) in [6.07, 6.45) is 0.920. The van der Waals surface area contributed by atoms with Gasteiger partial charge >= 0.3 is 0 Å². The zero-order valence-corrected chi connectivity index (χ0v) is 11.6. The molecule has 0 aliphatic carbocycles. The summed E-state index contributed by atoms with van der Waals surface area (Å²) in [6, 6.07) is 5.17. The Balaban J connectivity index is 2.71. The predicted octanol–water partition coefficient (Wildman–Crippen LogP) is 1.12. The van der Waals surface area contributed by atoms with Gasteiger partial charge in [-0.25, -0.2) is 0 Å². The molecule has 106 valence electrons. The number of nitrogens with two attached hydrogens (primary N) is 1. The van der Waals surface area contributed by atoms with E-state index in [1.165, 1.54) is 0 Å². The average molecular weight is 267 g/mol. The molecule has 19 heavy (non-hydrogen) atoms. The first-order valence-electron chi connectivity index (χ1n) is 6.01. The van der Waals surface area contributed by atoms with Crippen molar-refractivity contribution in [3.8, 4) is 11.5 Å².